The van der Waals surface area contributed by atoms with Crippen LogP contribution in [0.5, 0.6) is 0 Å². The summed E-state index contributed by atoms with van der Waals surface area (Å²) in [6.07, 6.45) is 3.47. The zero-order valence-electron chi connectivity index (χ0n) is 11.4. The average molecular weight is 247 g/mol. The Balaban J connectivity index is 2.25. The molecule has 1 aliphatic rings. The number of hydrogen-bond donors (Lipinski definition) is 1. The summed E-state index contributed by atoms with van der Waals surface area (Å²) in [6, 6.07) is 4.63. The van der Waals surface area contributed by atoms with E-state index in [1.165, 1.54) is 31.1 Å². The Morgan fingerprint density at radius 3 is 2.78 bits per heavy atom. The van der Waals surface area contributed by atoms with Gasteiger partial charge in [0.2, 0.25) is 0 Å². The highest BCUT2D eigenvalue weighted by Crippen LogP contribution is 2.20. The lowest BCUT2D eigenvalue weighted by molar-refractivity contribution is 0.0600. The fraction of sp³-hybridized carbons (Fsp3) is 0.533. The van der Waals surface area contributed by atoms with Crippen molar-refractivity contribution in [2.24, 2.45) is 0 Å². The van der Waals surface area contributed by atoms with E-state index in [0.29, 0.717) is 11.6 Å². The van der Waals surface area contributed by atoms with Crippen LogP contribution >= 0.6 is 0 Å². The molecular formula is C15H21NO2. The first-order chi connectivity index (χ1) is 8.61. The summed E-state index contributed by atoms with van der Waals surface area (Å²) >= 11 is 0. The summed E-state index contributed by atoms with van der Waals surface area (Å²) in [5, 5.41) is 3.49. The van der Waals surface area contributed by atoms with Gasteiger partial charge in [-0.2, -0.15) is 0 Å². The van der Waals surface area contributed by atoms with Crippen LogP contribution in [0.1, 0.15) is 39.9 Å². The molecule has 1 saturated heterocycles. The van der Waals surface area contributed by atoms with E-state index in [1.54, 1.807) is 0 Å². The Morgan fingerprint density at radius 2 is 2.17 bits per heavy atom. The van der Waals surface area contributed by atoms with Crippen LogP contribution < -0.4 is 5.32 Å². The van der Waals surface area contributed by atoms with E-state index in [4.69, 9.17) is 4.74 Å². The molecule has 1 atom stereocenters. The van der Waals surface area contributed by atoms with Gasteiger partial charge in [-0.05, 0) is 62.4 Å². The molecule has 0 amide bonds. The Morgan fingerprint density at radius 1 is 1.39 bits per heavy atom. The van der Waals surface area contributed by atoms with Crippen molar-refractivity contribution in [3.8, 4) is 0 Å². The van der Waals surface area contributed by atoms with Crippen LogP contribution in [0.2, 0.25) is 0 Å². The van der Waals surface area contributed by atoms with Gasteiger partial charge in [0.05, 0.1) is 12.7 Å². The predicted octanol–water partition coefficient (Wildman–Crippen LogP) is 2.38. The normalized spacial score (nSPS) is 18.9. The van der Waals surface area contributed by atoms with Gasteiger partial charge < -0.3 is 10.1 Å². The lowest BCUT2D eigenvalue weighted by Crippen LogP contribution is -2.24. The maximum Gasteiger partial charge on any atom is 0.338 e. The molecule has 1 aromatic rings. The predicted molar refractivity (Wildman–Crippen MR) is 72.0 cm³/mol. The molecule has 3 heteroatoms. The van der Waals surface area contributed by atoms with E-state index in [0.717, 1.165) is 18.5 Å². The SMILES string of the molecule is COC(=O)c1cc(CC2CCCN2)c(C)cc1C. The molecule has 98 valence electrons. The van der Waals surface area contributed by atoms with Crippen molar-refractivity contribution in [1.29, 1.82) is 0 Å². The lowest BCUT2D eigenvalue weighted by Gasteiger charge is -2.15. The zero-order chi connectivity index (χ0) is 13.1. The number of rotatable bonds is 3. The molecule has 18 heavy (non-hydrogen) atoms. The molecule has 1 aromatic carbocycles. The van der Waals surface area contributed by atoms with Crippen molar-refractivity contribution in [2.45, 2.75) is 39.2 Å². The van der Waals surface area contributed by atoms with Crippen LogP contribution in [0.15, 0.2) is 12.1 Å². The molecule has 2 rings (SSSR count). The van der Waals surface area contributed by atoms with Crippen molar-refractivity contribution in [3.63, 3.8) is 0 Å². The molecule has 1 heterocycles. The van der Waals surface area contributed by atoms with Gasteiger partial charge in [0.15, 0.2) is 0 Å². The molecule has 0 saturated carbocycles. The quantitative estimate of drug-likeness (QED) is 0.833. The third-order valence-corrected chi connectivity index (χ3v) is 3.72. The lowest BCUT2D eigenvalue weighted by atomic mass is 9.95. The second kappa shape index (κ2) is 5.53. The zero-order valence-corrected chi connectivity index (χ0v) is 11.4. The molecule has 0 radical (unpaired) electrons. The number of ether oxygens (including phenoxy) is 1. The van der Waals surface area contributed by atoms with Crippen LogP contribution in [0, 0.1) is 13.8 Å². The minimum atomic E-state index is -0.242. The first kappa shape index (κ1) is 13.1. The molecule has 1 aliphatic heterocycles. The van der Waals surface area contributed by atoms with Crippen molar-refractivity contribution < 1.29 is 9.53 Å². The molecular weight excluding hydrogens is 226 g/mol. The first-order valence-electron chi connectivity index (χ1n) is 6.53. The minimum absolute atomic E-state index is 0.242. The number of aryl methyl sites for hydroxylation is 2. The van der Waals surface area contributed by atoms with Gasteiger partial charge >= 0.3 is 5.97 Å². The Bertz CT molecular complexity index is 448. The van der Waals surface area contributed by atoms with Crippen LogP contribution in [0.4, 0.5) is 0 Å². The van der Waals surface area contributed by atoms with E-state index >= 15 is 0 Å². The Labute approximate surface area is 109 Å². The monoisotopic (exact) mass is 247 g/mol. The highest BCUT2D eigenvalue weighted by molar-refractivity contribution is 5.91. The number of carbonyl (C=O) groups excluding carboxylic acids is 1. The molecule has 0 aromatic heterocycles. The molecule has 0 bridgehead atoms. The van der Waals surface area contributed by atoms with Crippen molar-refractivity contribution in [3.05, 3.63) is 34.4 Å². The molecule has 1 fully saturated rings. The second-order valence-corrected chi connectivity index (χ2v) is 5.08. The summed E-state index contributed by atoms with van der Waals surface area (Å²) < 4.78 is 4.83. The van der Waals surface area contributed by atoms with E-state index < -0.39 is 0 Å². The summed E-state index contributed by atoms with van der Waals surface area (Å²) in [7, 11) is 1.43. The highest BCUT2D eigenvalue weighted by atomic mass is 16.5. The van der Waals surface area contributed by atoms with E-state index in [1.807, 2.05) is 13.0 Å². The van der Waals surface area contributed by atoms with Crippen LogP contribution in [0.3, 0.4) is 0 Å². The standard InChI is InChI=1S/C15H21NO2/c1-10-7-11(2)14(15(17)18-3)9-12(10)8-13-5-4-6-16-13/h7,9,13,16H,4-6,8H2,1-3H3. The van der Waals surface area contributed by atoms with Gasteiger partial charge in [0, 0.05) is 6.04 Å². The minimum Gasteiger partial charge on any atom is -0.465 e. The van der Waals surface area contributed by atoms with Gasteiger partial charge in [0.25, 0.3) is 0 Å². The fourth-order valence-electron chi connectivity index (χ4n) is 2.64. The topological polar surface area (TPSA) is 38.3 Å². The summed E-state index contributed by atoms with van der Waals surface area (Å²) in [5.41, 5.74) is 4.19. The van der Waals surface area contributed by atoms with E-state index in [-0.39, 0.29) is 5.97 Å². The largest absolute Gasteiger partial charge is 0.465 e. The molecule has 3 nitrogen and oxygen atoms in total. The van der Waals surface area contributed by atoms with E-state index in [9.17, 15) is 4.79 Å². The Kier molecular flexibility index (Phi) is 4.02. The number of nitrogens with one attached hydrogen (secondary N) is 1. The van der Waals surface area contributed by atoms with Crippen molar-refractivity contribution >= 4 is 5.97 Å². The van der Waals surface area contributed by atoms with Gasteiger partial charge in [-0.15, -0.1) is 0 Å². The molecule has 0 aliphatic carbocycles. The van der Waals surface area contributed by atoms with Crippen LogP contribution in [-0.4, -0.2) is 25.7 Å². The van der Waals surface area contributed by atoms with Gasteiger partial charge in [-0.25, -0.2) is 4.79 Å². The third kappa shape index (κ3) is 2.72. The van der Waals surface area contributed by atoms with Crippen LogP contribution in [0.25, 0.3) is 0 Å². The number of carbonyl (C=O) groups is 1. The van der Waals surface area contributed by atoms with Gasteiger partial charge in [-0.1, -0.05) is 6.07 Å². The third-order valence-electron chi connectivity index (χ3n) is 3.72. The van der Waals surface area contributed by atoms with Crippen molar-refractivity contribution in [1.82, 2.24) is 5.32 Å². The number of methoxy groups -OCH3 is 1. The maximum absolute atomic E-state index is 11.7. The summed E-state index contributed by atoms with van der Waals surface area (Å²) in [4.78, 5) is 11.7. The van der Waals surface area contributed by atoms with Gasteiger partial charge in [-0.3, -0.25) is 0 Å². The van der Waals surface area contributed by atoms with Crippen LogP contribution in [-0.2, 0) is 11.2 Å². The number of benzene rings is 1. The first-order valence-corrected chi connectivity index (χ1v) is 6.53. The summed E-state index contributed by atoms with van der Waals surface area (Å²) in [6.45, 7) is 5.18. The summed E-state index contributed by atoms with van der Waals surface area (Å²) in [5.74, 6) is -0.242. The van der Waals surface area contributed by atoms with Gasteiger partial charge in [0.1, 0.15) is 0 Å². The van der Waals surface area contributed by atoms with E-state index in [2.05, 4.69) is 18.3 Å². The smallest absolute Gasteiger partial charge is 0.338 e. The van der Waals surface area contributed by atoms with Crippen molar-refractivity contribution in [2.75, 3.05) is 13.7 Å². The maximum atomic E-state index is 11.7. The highest BCUT2D eigenvalue weighted by Gasteiger charge is 2.18. The number of hydrogen-bond acceptors (Lipinski definition) is 3. The molecule has 0 spiro atoms. The average Bonchev–Trinajstić information content (AvgIpc) is 2.84. The Hall–Kier alpha value is -1.35. The second-order valence-electron chi connectivity index (χ2n) is 5.08. The molecule has 1 unspecified atom stereocenters. The number of esters is 1. The fourth-order valence-corrected chi connectivity index (χ4v) is 2.64. The molecule has 1 N–H and O–H groups in total.